The van der Waals surface area contributed by atoms with E-state index in [1.807, 2.05) is 30.5 Å². The van der Waals surface area contributed by atoms with Gasteiger partial charge in [-0.15, -0.1) is 0 Å². The number of benzene rings is 1. The van der Waals surface area contributed by atoms with Crippen LogP contribution in [0.3, 0.4) is 0 Å². The lowest BCUT2D eigenvalue weighted by Gasteiger charge is -2.21. The predicted molar refractivity (Wildman–Crippen MR) is 84.0 cm³/mol. The fraction of sp³-hybridized carbons (Fsp3) is 0.353. The molecule has 0 saturated carbocycles. The van der Waals surface area contributed by atoms with Gasteiger partial charge >= 0.3 is 5.97 Å². The lowest BCUT2D eigenvalue weighted by molar-refractivity contribution is -0.147. The Morgan fingerprint density at radius 1 is 1.30 bits per heavy atom. The van der Waals surface area contributed by atoms with Gasteiger partial charge in [-0.1, -0.05) is 18.2 Å². The maximum Gasteiger partial charge on any atom is 0.311 e. The van der Waals surface area contributed by atoms with Gasteiger partial charge in [0.25, 0.3) is 5.91 Å². The highest BCUT2D eigenvalue weighted by atomic mass is 16.4. The number of carbonyl (C=O) groups excluding carboxylic acids is 1. The molecule has 0 bridgehead atoms. The summed E-state index contributed by atoms with van der Waals surface area (Å²) in [7, 11) is 0. The van der Waals surface area contributed by atoms with Crippen LogP contribution < -0.4 is 0 Å². The first kappa shape index (κ1) is 15.3. The smallest absolute Gasteiger partial charge is 0.311 e. The van der Waals surface area contributed by atoms with Crippen LogP contribution in [0.2, 0.25) is 0 Å². The van der Waals surface area contributed by atoms with Gasteiger partial charge in [0.2, 0.25) is 0 Å². The summed E-state index contributed by atoms with van der Waals surface area (Å²) in [6, 6.07) is 9.25. The molecule has 1 aliphatic heterocycles. The van der Waals surface area contributed by atoms with Crippen LogP contribution in [0.25, 0.3) is 0 Å². The van der Waals surface area contributed by atoms with Crippen molar-refractivity contribution in [1.29, 1.82) is 0 Å². The molecule has 2 heterocycles. The highest BCUT2D eigenvalue weighted by Gasteiger charge is 2.42. The molecule has 1 aromatic heterocycles. The summed E-state index contributed by atoms with van der Waals surface area (Å²) < 4.78 is 1.76. The van der Waals surface area contributed by atoms with Gasteiger partial charge in [0, 0.05) is 31.0 Å². The average Bonchev–Trinajstić information content (AvgIpc) is 3.18. The Morgan fingerprint density at radius 3 is 2.74 bits per heavy atom. The zero-order valence-corrected chi connectivity index (χ0v) is 13.0. The zero-order chi connectivity index (χ0) is 16.4. The summed E-state index contributed by atoms with van der Waals surface area (Å²) >= 11 is 0. The molecule has 3 rings (SSSR count). The number of rotatable bonds is 4. The molecule has 1 N–H and O–H groups in total. The van der Waals surface area contributed by atoms with E-state index in [-0.39, 0.29) is 12.5 Å². The third-order valence-corrected chi connectivity index (χ3v) is 4.42. The van der Waals surface area contributed by atoms with Gasteiger partial charge in [-0.2, -0.15) is 5.10 Å². The Balaban J connectivity index is 1.82. The Labute approximate surface area is 134 Å². The molecule has 1 fully saturated rings. The van der Waals surface area contributed by atoms with E-state index in [1.54, 1.807) is 28.8 Å². The van der Waals surface area contributed by atoms with E-state index in [4.69, 9.17) is 0 Å². The quantitative estimate of drug-likeness (QED) is 0.935. The summed E-state index contributed by atoms with van der Waals surface area (Å²) in [6.45, 7) is 2.92. The third-order valence-electron chi connectivity index (χ3n) is 4.42. The SMILES string of the molecule is CC1(C(=O)O)CCN(C(=O)c2ccccc2Cn2cccn2)C1. The first-order valence-corrected chi connectivity index (χ1v) is 7.58. The number of carboxylic acids is 1. The van der Waals surface area contributed by atoms with Crippen molar-refractivity contribution in [3.05, 3.63) is 53.9 Å². The fourth-order valence-electron chi connectivity index (χ4n) is 2.91. The van der Waals surface area contributed by atoms with Crippen molar-refractivity contribution in [3.8, 4) is 0 Å². The average molecular weight is 313 g/mol. The highest BCUT2D eigenvalue weighted by Crippen LogP contribution is 2.31. The number of hydrogen-bond donors (Lipinski definition) is 1. The van der Waals surface area contributed by atoms with E-state index in [0.717, 1.165) is 5.56 Å². The number of amides is 1. The molecule has 0 spiro atoms. The first-order chi connectivity index (χ1) is 11.0. The van der Waals surface area contributed by atoms with E-state index < -0.39 is 11.4 Å². The molecule has 0 radical (unpaired) electrons. The number of aromatic nitrogens is 2. The summed E-state index contributed by atoms with van der Waals surface area (Å²) in [5, 5.41) is 13.5. The molecule has 23 heavy (non-hydrogen) atoms. The minimum Gasteiger partial charge on any atom is -0.481 e. The molecule has 120 valence electrons. The van der Waals surface area contributed by atoms with Crippen LogP contribution in [0.1, 0.15) is 29.3 Å². The number of nitrogens with zero attached hydrogens (tertiary/aromatic N) is 3. The van der Waals surface area contributed by atoms with Gasteiger partial charge < -0.3 is 10.0 Å². The highest BCUT2D eigenvalue weighted by molar-refractivity contribution is 5.96. The second kappa shape index (κ2) is 5.87. The number of hydrogen-bond acceptors (Lipinski definition) is 3. The topological polar surface area (TPSA) is 75.4 Å². The standard InChI is InChI=1S/C17H19N3O3/c1-17(16(22)23)7-10-19(12-17)15(21)14-6-3-2-5-13(14)11-20-9-4-8-18-20/h2-6,8-9H,7,10-12H2,1H3,(H,22,23). The van der Waals surface area contributed by atoms with Crippen molar-refractivity contribution in [2.75, 3.05) is 13.1 Å². The first-order valence-electron chi connectivity index (χ1n) is 7.58. The minimum absolute atomic E-state index is 0.113. The second-order valence-electron chi connectivity index (χ2n) is 6.20. The number of carboxylic acid groups (broad SMARTS) is 1. The predicted octanol–water partition coefficient (Wildman–Crippen LogP) is 1.87. The molecule has 1 atom stereocenters. The largest absolute Gasteiger partial charge is 0.481 e. The van der Waals surface area contributed by atoms with Crippen LogP contribution >= 0.6 is 0 Å². The van der Waals surface area contributed by atoms with Gasteiger partial charge in [-0.25, -0.2) is 0 Å². The second-order valence-corrected chi connectivity index (χ2v) is 6.20. The summed E-state index contributed by atoms with van der Waals surface area (Å²) in [5.41, 5.74) is 0.634. The molecule has 1 aliphatic rings. The van der Waals surface area contributed by atoms with Gasteiger partial charge in [0.05, 0.1) is 12.0 Å². The molecule has 6 nitrogen and oxygen atoms in total. The molecule has 1 aromatic carbocycles. The van der Waals surface area contributed by atoms with Crippen molar-refractivity contribution in [2.24, 2.45) is 5.41 Å². The van der Waals surface area contributed by atoms with Crippen molar-refractivity contribution >= 4 is 11.9 Å². The Kier molecular flexibility index (Phi) is 3.90. The van der Waals surface area contributed by atoms with Gasteiger partial charge in [0.15, 0.2) is 0 Å². The molecule has 1 saturated heterocycles. The lowest BCUT2D eigenvalue weighted by atomic mass is 9.90. The summed E-state index contributed by atoms with van der Waals surface area (Å²) in [4.78, 5) is 25.8. The van der Waals surface area contributed by atoms with E-state index >= 15 is 0 Å². The van der Waals surface area contributed by atoms with Crippen molar-refractivity contribution in [3.63, 3.8) is 0 Å². The Hall–Kier alpha value is -2.63. The monoisotopic (exact) mass is 313 g/mol. The minimum atomic E-state index is -0.855. The van der Waals surface area contributed by atoms with Crippen molar-refractivity contribution < 1.29 is 14.7 Å². The number of aliphatic carboxylic acids is 1. The van der Waals surface area contributed by atoms with Crippen LogP contribution in [-0.4, -0.2) is 44.8 Å². The molecular weight excluding hydrogens is 294 g/mol. The van der Waals surface area contributed by atoms with Gasteiger partial charge in [-0.3, -0.25) is 14.3 Å². The molecule has 2 aromatic rings. The van der Waals surface area contributed by atoms with Crippen LogP contribution in [-0.2, 0) is 11.3 Å². The van der Waals surface area contributed by atoms with E-state index in [2.05, 4.69) is 5.10 Å². The Bertz CT molecular complexity index is 726. The van der Waals surface area contributed by atoms with Crippen LogP contribution in [0.15, 0.2) is 42.7 Å². The zero-order valence-electron chi connectivity index (χ0n) is 13.0. The van der Waals surface area contributed by atoms with Gasteiger partial charge in [-0.05, 0) is 31.0 Å². The van der Waals surface area contributed by atoms with Crippen LogP contribution in [0.4, 0.5) is 0 Å². The van der Waals surface area contributed by atoms with Crippen LogP contribution in [0.5, 0.6) is 0 Å². The summed E-state index contributed by atoms with van der Waals surface area (Å²) in [5.74, 6) is -0.963. The maximum absolute atomic E-state index is 12.8. The van der Waals surface area contributed by atoms with E-state index in [9.17, 15) is 14.7 Å². The molecule has 0 aliphatic carbocycles. The molecular formula is C17H19N3O3. The number of carbonyl (C=O) groups is 2. The van der Waals surface area contributed by atoms with Gasteiger partial charge in [0.1, 0.15) is 0 Å². The van der Waals surface area contributed by atoms with Crippen LogP contribution in [0, 0.1) is 5.41 Å². The van der Waals surface area contributed by atoms with E-state index in [1.165, 1.54) is 0 Å². The molecule has 6 heteroatoms. The fourth-order valence-corrected chi connectivity index (χ4v) is 2.91. The number of likely N-dealkylation sites (tertiary alicyclic amines) is 1. The third kappa shape index (κ3) is 2.97. The lowest BCUT2D eigenvalue weighted by Crippen LogP contribution is -2.35. The van der Waals surface area contributed by atoms with Crippen molar-refractivity contribution in [1.82, 2.24) is 14.7 Å². The maximum atomic E-state index is 12.8. The molecule has 1 unspecified atom stereocenters. The molecule has 1 amide bonds. The summed E-state index contributed by atoms with van der Waals surface area (Å²) in [6.07, 6.45) is 4.03. The normalized spacial score (nSPS) is 20.7. The van der Waals surface area contributed by atoms with E-state index in [0.29, 0.717) is 25.1 Å². The van der Waals surface area contributed by atoms with Crippen molar-refractivity contribution in [2.45, 2.75) is 19.9 Å². The Morgan fingerprint density at radius 2 is 2.09 bits per heavy atom.